The van der Waals surface area contributed by atoms with Gasteiger partial charge in [-0.1, -0.05) is 13.8 Å². The van der Waals surface area contributed by atoms with Gasteiger partial charge in [0.1, 0.15) is 17.3 Å². The molecule has 0 aliphatic rings. The molecule has 1 rings (SSSR count). The molecule has 0 aromatic carbocycles. The molecule has 1 aromatic heterocycles. The van der Waals surface area contributed by atoms with Crippen molar-refractivity contribution in [2.24, 2.45) is 5.92 Å². The quantitative estimate of drug-likeness (QED) is 0.832. The molecule has 5 heteroatoms. The molecular formula is C15H26N4O. The van der Waals surface area contributed by atoms with Gasteiger partial charge in [-0.05, 0) is 33.1 Å². The Bertz CT molecular complexity index is 441. The van der Waals surface area contributed by atoms with Gasteiger partial charge in [0.05, 0.1) is 0 Å². The average Bonchev–Trinajstić information content (AvgIpc) is 2.39. The van der Waals surface area contributed by atoms with Crippen molar-refractivity contribution in [1.29, 1.82) is 0 Å². The molecule has 0 unspecified atom stereocenters. The van der Waals surface area contributed by atoms with Crippen molar-refractivity contribution in [3.63, 3.8) is 0 Å². The summed E-state index contributed by atoms with van der Waals surface area (Å²) in [5.74, 6) is 1.90. The summed E-state index contributed by atoms with van der Waals surface area (Å²) in [7, 11) is 0. The molecule has 20 heavy (non-hydrogen) atoms. The Morgan fingerprint density at radius 3 is 2.50 bits per heavy atom. The summed E-state index contributed by atoms with van der Waals surface area (Å²) in [6, 6.07) is 1.77. The Hall–Kier alpha value is -1.65. The first kappa shape index (κ1) is 16.4. The van der Waals surface area contributed by atoms with Crippen LogP contribution in [0.4, 0.5) is 5.82 Å². The first-order chi connectivity index (χ1) is 9.47. The van der Waals surface area contributed by atoms with Crippen molar-refractivity contribution in [1.82, 2.24) is 15.3 Å². The van der Waals surface area contributed by atoms with E-state index < -0.39 is 0 Å². The highest BCUT2D eigenvalue weighted by atomic mass is 16.1. The largest absolute Gasteiger partial charge is 0.357 e. The van der Waals surface area contributed by atoms with Gasteiger partial charge < -0.3 is 10.2 Å². The van der Waals surface area contributed by atoms with Crippen LogP contribution in [0.5, 0.6) is 0 Å². The van der Waals surface area contributed by atoms with Crippen LogP contribution in [-0.4, -0.2) is 35.5 Å². The number of nitrogens with one attached hydrogen (secondary N) is 1. The molecule has 0 saturated heterocycles. The third-order valence-corrected chi connectivity index (χ3v) is 3.15. The minimum Gasteiger partial charge on any atom is -0.357 e. The molecule has 1 heterocycles. The molecule has 1 N–H and O–H groups in total. The molecule has 0 fully saturated rings. The highest BCUT2D eigenvalue weighted by Crippen LogP contribution is 2.12. The second kappa shape index (κ2) is 7.82. The van der Waals surface area contributed by atoms with Gasteiger partial charge in [0.15, 0.2) is 0 Å². The first-order valence-corrected chi connectivity index (χ1v) is 7.36. The number of aromatic nitrogens is 2. The van der Waals surface area contributed by atoms with E-state index in [0.717, 1.165) is 25.3 Å². The standard InChI is InChI=1S/C15H26N4O/c1-6-19(7-2)14-10-13(17-12(5)18-14)15(20)16-9-8-11(3)4/h10-11H,6-9H2,1-5H3,(H,16,20). The summed E-state index contributed by atoms with van der Waals surface area (Å²) in [5.41, 5.74) is 0.447. The Morgan fingerprint density at radius 2 is 1.95 bits per heavy atom. The fraction of sp³-hybridized carbons (Fsp3) is 0.667. The van der Waals surface area contributed by atoms with Crippen molar-refractivity contribution < 1.29 is 4.79 Å². The van der Waals surface area contributed by atoms with E-state index in [9.17, 15) is 4.79 Å². The zero-order chi connectivity index (χ0) is 15.1. The molecule has 0 aliphatic heterocycles. The topological polar surface area (TPSA) is 58.1 Å². The normalized spacial score (nSPS) is 10.7. The zero-order valence-corrected chi connectivity index (χ0v) is 13.2. The van der Waals surface area contributed by atoms with Crippen LogP contribution < -0.4 is 10.2 Å². The minimum atomic E-state index is -0.121. The fourth-order valence-electron chi connectivity index (χ4n) is 1.94. The molecule has 0 spiro atoms. The number of aryl methyl sites for hydroxylation is 1. The summed E-state index contributed by atoms with van der Waals surface area (Å²) in [6.45, 7) is 12.6. The van der Waals surface area contributed by atoms with Crippen molar-refractivity contribution in [2.45, 2.75) is 41.0 Å². The summed E-state index contributed by atoms with van der Waals surface area (Å²) >= 11 is 0. The van der Waals surface area contributed by atoms with Crippen molar-refractivity contribution in [3.8, 4) is 0 Å². The van der Waals surface area contributed by atoms with Crippen molar-refractivity contribution >= 4 is 11.7 Å². The number of hydrogen-bond acceptors (Lipinski definition) is 4. The fourth-order valence-corrected chi connectivity index (χ4v) is 1.94. The average molecular weight is 278 g/mol. The lowest BCUT2D eigenvalue weighted by Crippen LogP contribution is -2.28. The number of carbonyl (C=O) groups excluding carboxylic acids is 1. The van der Waals surface area contributed by atoms with E-state index in [1.165, 1.54) is 0 Å². The van der Waals surface area contributed by atoms with Crippen LogP contribution in [0.3, 0.4) is 0 Å². The van der Waals surface area contributed by atoms with E-state index in [0.29, 0.717) is 24.0 Å². The molecule has 0 saturated carbocycles. The van der Waals surface area contributed by atoms with E-state index >= 15 is 0 Å². The third kappa shape index (κ3) is 4.79. The molecular weight excluding hydrogens is 252 g/mol. The lowest BCUT2D eigenvalue weighted by Gasteiger charge is -2.20. The zero-order valence-electron chi connectivity index (χ0n) is 13.2. The second-order valence-corrected chi connectivity index (χ2v) is 5.27. The maximum atomic E-state index is 12.1. The van der Waals surface area contributed by atoms with E-state index in [-0.39, 0.29) is 5.91 Å². The Kier molecular flexibility index (Phi) is 6.42. The van der Waals surface area contributed by atoms with Gasteiger partial charge in [0.25, 0.3) is 5.91 Å². The number of anilines is 1. The Labute approximate surface area is 121 Å². The van der Waals surface area contributed by atoms with Crippen LogP contribution in [-0.2, 0) is 0 Å². The van der Waals surface area contributed by atoms with Crippen LogP contribution in [0.25, 0.3) is 0 Å². The van der Waals surface area contributed by atoms with Crippen LogP contribution >= 0.6 is 0 Å². The highest BCUT2D eigenvalue weighted by molar-refractivity contribution is 5.92. The van der Waals surface area contributed by atoms with Crippen molar-refractivity contribution in [3.05, 3.63) is 17.6 Å². The summed E-state index contributed by atoms with van der Waals surface area (Å²) in [4.78, 5) is 22.9. The Balaban J connectivity index is 2.81. The predicted molar refractivity (Wildman–Crippen MR) is 82.1 cm³/mol. The maximum Gasteiger partial charge on any atom is 0.270 e. The molecule has 0 atom stereocenters. The van der Waals surface area contributed by atoms with Gasteiger partial charge >= 0.3 is 0 Å². The van der Waals surface area contributed by atoms with E-state index in [2.05, 4.69) is 47.9 Å². The molecule has 0 bridgehead atoms. The van der Waals surface area contributed by atoms with E-state index in [4.69, 9.17) is 0 Å². The van der Waals surface area contributed by atoms with Gasteiger partial charge in [0.2, 0.25) is 0 Å². The number of nitrogens with zero attached hydrogens (tertiary/aromatic N) is 3. The van der Waals surface area contributed by atoms with Gasteiger partial charge in [0, 0.05) is 25.7 Å². The number of hydrogen-bond donors (Lipinski definition) is 1. The summed E-state index contributed by atoms with van der Waals surface area (Å²) < 4.78 is 0. The third-order valence-electron chi connectivity index (χ3n) is 3.15. The predicted octanol–water partition coefficient (Wildman–Crippen LogP) is 2.41. The molecule has 0 aliphatic carbocycles. The van der Waals surface area contributed by atoms with Gasteiger partial charge in [-0.3, -0.25) is 4.79 Å². The lowest BCUT2D eigenvalue weighted by atomic mass is 10.1. The molecule has 5 nitrogen and oxygen atoms in total. The van der Waals surface area contributed by atoms with Crippen LogP contribution in [0.1, 0.15) is 50.4 Å². The number of rotatable bonds is 7. The van der Waals surface area contributed by atoms with E-state index in [1.807, 2.05) is 6.92 Å². The van der Waals surface area contributed by atoms with Gasteiger partial charge in [-0.2, -0.15) is 0 Å². The highest BCUT2D eigenvalue weighted by Gasteiger charge is 2.12. The number of carbonyl (C=O) groups is 1. The van der Waals surface area contributed by atoms with Gasteiger partial charge in [-0.25, -0.2) is 9.97 Å². The monoisotopic (exact) mass is 278 g/mol. The van der Waals surface area contributed by atoms with Crippen LogP contribution in [0.2, 0.25) is 0 Å². The van der Waals surface area contributed by atoms with E-state index in [1.54, 1.807) is 6.07 Å². The lowest BCUT2D eigenvalue weighted by molar-refractivity contribution is 0.0946. The molecule has 112 valence electrons. The molecule has 0 radical (unpaired) electrons. The SMILES string of the molecule is CCN(CC)c1cc(C(=O)NCCC(C)C)nc(C)n1. The summed E-state index contributed by atoms with van der Waals surface area (Å²) in [5, 5.41) is 2.91. The molecule has 1 amide bonds. The van der Waals surface area contributed by atoms with Crippen LogP contribution in [0, 0.1) is 12.8 Å². The van der Waals surface area contributed by atoms with Crippen LogP contribution in [0.15, 0.2) is 6.07 Å². The number of amides is 1. The minimum absolute atomic E-state index is 0.121. The van der Waals surface area contributed by atoms with Crippen molar-refractivity contribution in [2.75, 3.05) is 24.5 Å². The Morgan fingerprint density at radius 1 is 1.30 bits per heavy atom. The summed E-state index contributed by atoms with van der Waals surface area (Å²) in [6.07, 6.45) is 0.971. The maximum absolute atomic E-state index is 12.1. The van der Waals surface area contributed by atoms with Gasteiger partial charge in [-0.15, -0.1) is 0 Å². The smallest absolute Gasteiger partial charge is 0.270 e. The molecule has 1 aromatic rings. The second-order valence-electron chi connectivity index (χ2n) is 5.27. The first-order valence-electron chi connectivity index (χ1n) is 7.36.